The summed E-state index contributed by atoms with van der Waals surface area (Å²) in [6, 6.07) is 6.10. The van der Waals surface area contributed by atoms with Crippen molar-refractivity contribution < 1.29 is 43.4 Å². The van der Waals surface area contributed by atoms with Crippen molar-refractivity contribution >= 4 is 22.7 Å². The largest absolute Gasteiger partial charge is 0.507 e. The quantitative estimate of drug-likeness (QED) is 0.332. The molecule has 0 aromatic heterocycles. The molecular weight excluding hydrogens is 520 g/mol. The highest BCUT2D eigenvalue weighted by Crippen LogP contribution is 2.34. The van der Waals surface area contributed by atoms with E-state index in [1.807, 2.05) is 0 Å². The van der Waals surface area contributed by atoms with Gasteiger partial charge in [0.05, 0.1) is 101 Å². The van der Waals surface area contributed by atoms with E-state index in [1.54, 1.807) is 0 Å². The van der Waals surface area contributed by atoms with Gasteiger partial charge in [-0.3, -0.25) is 20.2 Å². The number of hydrogen-bond donors (Lipinski definition) is 1. The maximum absolute atomic E-state index is 11.4. The average molecular weight is 551 g/mol. The van der Waals surface area contributed by atoms with Gasteiger partial charge in [-0.2, -0.15) is 5.11 Å². The molecule has 15 heteroatoms. The molecule has 1 aliphatic heterocycles. The normalized spacial score (nSPS) is 17.3. The predicted molar refractivity (Wildman–Crippen MR) is 135 cm³/mol. The molecule has 2 bridgehead atoms. The van der Waals surface area contributed by atoms with E-state index in [2.05, 4.69) is 10.2 Å². The van der Waals surface area contributed by atoms with Crippen LogP contribution in [0.15, 0.2) is 40.6 Å². The number of nitro groups is 2. The fourth-order valence-corrected chi connectivity index (χ4v) is 3.35. The van der Waals surface area contributed by atoms with Crippen LogP contribution in [0.4, 0.5) is 22.7 Å². The zero-order chi connectivity index (χ0) is 27.9. The summed E-state index contributed by atoms with van der Waals surface area (Å²) in [5.41, 5.74) is -0.120. The molecule has 0 unspecified atom stereocenters. The lowest BCUT2D eigenvalue weighted by molar-refractivity contribution is -0.393. The van der Waals surface area contributed by atoms with Gasteiger partial charge < -0.3 is 33.5 Å². The summed E-state index contributed by atoms with van der Waals surface area (Å²) in [7, 11) is 0. The number of benzene rings is 2. The number of aromatic hydroxyl groups is 1. The number of phenols is 1. The Morgan fingerprint density at radius 2 is 1.10 bits per heavy atom. The molecule has 0 fully saturated rings. The predicted octanol–water partition coefficient (Wildman–Crippen LogP) is 3.74. The Morgan fingerprint density at radius 3 is 1.54 bits per heavy atom. The standard InChI is InChI=1S/C24H30N4O11/c29-24-18-13-20(25-26-22-2-1-21(27(30)31)15-23(22)28(32)33)14-19(24)17-39-12-10-37-8-6-35-4-3-34-5-7-36-9-11-38-16-18/h1-2,13-15,29H,3-12,16-17H2. The monoisotopic (exact) mass is 550 g/mol. The lowest BCUT2D eigenvalue weighted by atomic mass is 10.1. The van der Waals surface area contributed by atoms with Crippen LogP contribution in [0.25, 0.3) is 0 Å². The zero-order valence-electron chi connectivity index (χ0n) is 21.2. The highest BCUT2D eigenvalue weighted by atomic mass is 16.6. The molecule has 3 rings (SSSR count). The first kappa shape index (κ1) is 29.9. The minimum atomic E-state index is -0.774. The minimum Gasteiger partial charge on any atom is -0.507 e. The van der Waals surface area contributed by atoms with Crippen molar-refractivity contribution in [1.29, 1.82) is 0 Å². The Balaban J connectivity index is 1.77. The lowest BCUT2D eigenvalue weighted by Crippen LogP contribution is -2.13. The molecule has 0 aliphatic carbocycles. The number of azo groups is 1. The zero-order valence-corrected chi connectivity index (χ0v) is 21.2. The van der Waals surface area contributed by atoms with E-state index in [1.165, 1.54) is 12.1 Å². The number of ether oxygens (including phenoxy) is 6. The summed E-state index contributed by atoms with van der Waals surface area (Å²) in [6.45, 7) is 3.73. The number of fused-ring (bicyclic) bond motifs is 2. The fourth-order valence-electron chi connectivity index (χ4n) is 3.35. The fraction of sp³-hybridized carbons (Fsp3) is 0.500. The molecule has 1 aliphatic rings. The number of nitrogens with zero attached hydrogens (tertiary/aromatic N) is 4. The summed E-state index contributed by atoms with van der Waals surface area (Å²) in [5, 5.41) is 41.1. The summed E-state index contributed by atoms with van der Waals surface area (Å²) in [5.74, 6) is -0.0511. The van der Waals surface area contributed by atoms with Gasteiger partial charge in [0.25, 0.3) is 5.69 Å². The Labute approximate surface area is 223 Å². The molecule has 0 radical (unpaired) electrons. The van der Waals surface area contributed by atoms with Crippen molar-refractivity contribution in [2.24, 2.45) is 10.2 Å². The van der Waals surface area contributed by atoms with Gasteiger partial charge in [-0.25, -0.2) is 0 Å². The van der Waals surface area contributed by atoms with Crippen LogP contribution in [0.5, 0.6) is 5.75 Å². The van der Waals surface area contributed by atoms with E-state index in [0.29, 0.717) is 64.0 Å². The second-order valence-electron chi connectivity index (χ2n) is 8.05. The van der Waals surface area contributed by atoms with Crippen LogP contribution in [0.3, 0.4) is 0 Å². The van der Waals surface area contributed by atoms with E-state index < -0.39 is 21.2 Å². The van der Waals surface area contributed by atoms with Crippen molar-refractivity contribution in [3.8, 4) is 5.75 Å². The Morgan fingerprint density at radius 1 is 0.641 bits per heavy atom. The van der Waals surface area contributed by atoms with Crippen molar-refractivity contribution in [3.05, 3.63) is 61.7 Å². The molecule has 1 N–H and O–H groups in total. The SMILES string of the molecule is O=[N+]([O-])c1ccc(N=Nc2cc3c(O)c(c2)COCCOCCOCCOCCOCCOC3)c([N+](=O)[O-])c1. The first-order valence-corrected chi connectivity index (χ1v) is 12.1. The third-order valence-corrected chi connectivity index (χ3v) is 5.27. The highest BCUT2D eigenvalue weighted by Gasteiger charge is 2.19. The molecule has 1 heterocycles. The summed E-state index contributed by atoms with van der Waals surface area (Å²) < 4.78 is 33.0. The molecule has 0 saturated carbocycles. The Hall–Kier alpha value is -3.60. The van der Waals surface area contributed by atoms with E-state index in [-0.39, 0.29) is 43.6 Å². The first-order chi connectivity index (χ1) is 19.0. The van der Waals surface area contributed by atoms with Crippen LogP contribution in [0.1, 0.15) is 11.1 Å². The molecule has 39 heavy (non-hydrogen) atoms. The van der Waals surface area contributed by atoms with Crippen LogP contribution < -0.4 is 0 Å². The smallest absolute Gasteiger partial charge is 0.303 e. The van der Waals surface area contributed by atoms with Crippen LogP contribution >= 0.6 is 0 Å². The Bertz CT molecular complexity index is 1090. The summed E-state index contributed by atoms with van der Waals surface area (Å²) in [6.07, 6.45) is 0. The molecule has 2 aromatic carbocycles. The van der Waals surface area contributed by atoms with Crippen LogP contribution in [0.2, 0.25) is 0 Å². The van der Waals surface area contributed by atoms with Gasteiger partial charge in [0.1, 0.15) is 5.75 Å². The maximum Gasteiger partial charge on any atom is 0.303 e. The second-order valence-corrected chi connectivity index (χ2v) is 8.05. The van der Waals surface area contributed by atoms with Crippen LogP contribution in [0, 0.1) is 20.2 Å². The van der Waals surface area contributed by atoms with Gasteiger partial charge in [-0.05, 0) is 18.2 Å². The number of non-ortho nitro benzene ring substituents is 1. The Kier molecular flexibility index (Phi) is 12.6. The molecule has 0 amide bonds. The number of nitro benzene ring substituents is 2. The molecule has 212 valence electrons. The van der Waals surface area contributed by atoms with Gasteiger partial charge >= 0.3 is 5.69 Å². The minimum absolute atomic E-state index is 0.0280. The van der Waals surface area contributed by atoms with E-state index in [0.717, 1.165) is 18.2 Å². The van der Waals surface area contributed by atoms with Gasteiger partial charge in [0.2, 0.25) is 0 Å². The van der Waals surface area contributed by atoms with E-state index in [4.69, 9.17) is 28.4 Å². The average Bonchev–Trinajstić information content (AvgIpc) is 2.92. The molecule has 15 nitrogen and oxygen atoms in total. The van der Waals surface area contributed by atoms with Crippen LogP contribution in [-0.4, -0.2) is 81.0 Å². The topological polar surface area (TPSA) is 187 Å². The van der Waals surface area contributed by atoms with Crippen molar-refractivity contribution in [2.45, 2.75) is 13.2 Å². The molecular formula is C24H30N4O11. The van der Waals surface area contributed by atoms with Gasteiger partial charge in [-0.15, -0.1) is 5.11 Å². The van der Waals surface area contributed by atoms with Gasteiger partial charge in [-0.1, -0.05) is 0 Å². The maximum atomic E-state index is 11.4. The molecule has 0 spiro atoms. The molecule has 0 saturated heterocycles. The second kappa shape index (κ2) is 16.4. The lowest BCUT2D eigenvalue weighted by Gasteiger charge is -2.13. The summed E-state index contributed by atoms with van der Waals surface area (Å²) >= 11 is 0. The highest BCUT2D eigenvalue weighted by molar-refractivity contribution is 5.62. The van der Waals surface area contributed by atoms with Gasteiger partial charge in [0.15, 0.2) is 5.69 Å². The van der Waals surface area contributed by atoms with Crippen molar-refractivity contribution in [2.75, 3.05) is 66.1 Å². The van der Waals surface area contributed by atoms with Gasteiger partial charge in [0, 0.05) is 17.2 Å². The van der Waals surface area contributed by atoms with E-state index >= 15 is 0 Å². The summed E-state index contributed by atoms with van der Waals surface area (Å²) in [4.78, 5) is 20.9. The number of phenolic OH excluding ortho intramolecular Hbond substituents is 1. The van der Waals surface area contributed by atoms with E-state index in [9.17, 15) is 25.3 Å². The number of rotatable bonds is 4. The third kappa shape index (κ3) is 10.2. The van der Waals surface area contributed by atoms with Crippen molar-refractivity contribution in [1.82, 2.24) is 0 Å². The number of hydrogen-bond acceptors (Lipinski definition) is 13. The molecule has 2 aromatic rings. The van der Waals surface area contributed by atoms with Crippen molar-refractivity contribution in [3.63, 3.8) is 0 Å². The van der Waals surface area contributed by atoms with Crippen LogP contribution in [-0.2, 0) is 41.6 Å². The molecule has 0 atom stereocenters. The third-order valence-electron chi connectivity index (χ3n) is 5.27. The first-order valence-electron chi connectivity index (χ1n) is 12.1.